The van der Waals surface area contributed by atoms with Gasteiger partial charge in [0.2, 0.25) is 0 Å². The molecule has 18 heavy (non-hydrogen) atoms. The van der Waals surface area contributed by atoms with Crippen molar-refractivity contribution in [3.63, 3.8) is 0 Å². The Morgan fingerprint density at radius 3 is 2.78 bits per heavy atom. The summed E-state index contributed by atoms with van der Waals surface area (Å²) >= 11 is 14.2. The fourth-order valence-electron chi connectivity index (χ4n) is 1.29. The van der Waals surface area contributed by atoms with Gasteiger partial charge >= 0.3 is 0 Å². The molecule has 0 radical (unpaired) electrons. The van der Waals surface area contributed by atoms with E-state index in [1.807, 2.05) is 24.3 Å². The summed E-state index contributed by atoms with van der Waals surface area (Å²) in [7, 11) is 0. The van der Waals surface area contributed by atoms with Crippen molar-refractivity contribution < 1.29 is 5.11 Å². The Morgan fingerprint density at radius 1 is 1.39 bits per heavy atom. The fourth-order valence-corrected chi connectivity index (χ4v) is 3.77. The highest BCUT2D eigenvalue weighted by Gasteiger charge is 2.06. The van der Waals surface area contributed by atoms with Crippen LogP contribution in [0.25, 0.3) is 5.69 Å². The predicted octanol–water partition coefficient (Wildman–Crippen LogP) is 3.79. The molecule has 0 amide bonds. The highest BCUT2D eigenvalue weighted by atomic mass is 35.5. The van der Waals surface area contributed by atoms with Crippen molar-refractivity contribution in [2.75, 3.05) is 12.4 Å². The predicted molar refractivity (Wildman–Crippen MR) is 79.7 cm³/mol. The van der Waals surface area contributed by atoms with E-state index in [1.54, 1.807) is 16.4 Å². The Kier molecular flexibility index (Phi) is 5.20. The van der Waals surface area contributed by atoms with Crippen LogP contribution in [0.2, 0.25) is 5.02 Å². The van der Waals surface area contributed by atoms with Crippen molar-refractivity contribution >= 4 is 46.9 Å². The van der Waals surface area contributed by atoms with Gasteiger partial charge in [0, 0.05) is 17.4 Å². The van der Waals surface area contributed by atoms with Crippen LogP contribution in [0.4, 0.5) is 0 Å². The zero-order chi connectivity index (χ0) is 13.0. The van der Waals surface area contributed by atoms with E-state index in [9.17, 15) is 0 Å². The molecule has 0 aliphatic rings. The zero-order valence-electron chi connectivity index (χ0n) is 9.38. The molecule has 0 spiro atoms. The standard InChI is InChI=1S/C11H11ClN2OS3/c12-8-2-4-9(5-3-8)14-11(16)18-10(13-14)17-7-1-6-15/h2-5,15H,1,6-7H2. The topological polar surface area (TPSA) is 38.1 Å². The normalized spacial score (nSPS) is 10.8. The third-order valence-corrected chi connectivity index (χ3v) is 4.83. The molecule has 1 aromatic heterocycles. The van der Waals surface area contributed by atoms with Gasteiger partial charge in [-0.05, 0) is 42.9 Å². The van der Waals surface area contributed by atoms with Crippen LogP contribution >= 0.6 is 46.9 Å². The number of halogens is 1. The Morgan fingerprint density at radius 2 is 2.11 bits per heavy atom. The monoisotopic (exact) mass is 318 g/mol. The summed E-state index contributed by atoms with van der Waals surface area (Å²) in [5.41, 5.74) is 0.912. The van der Waals surface area contributed by atoms with E-state index >= 15 is 0 Å². The molecule has 1 aromatic carbocycles. The van der Waals surface area contributed by atoms with Crippen molar-refractivity contribution in [2.24, 2.45) is 0 Å². The van der Waals surface area contributed by atoms with E-state index in [0.717, 1.165) is 22.2 Å². The summed E-state index contributed by atoms with van der Waals surface area (Å²) < 4.78 is 3.37. The minimum Gasteiger partial charge on any atom is -0.396 e. The van der Waals surface area contributed by atoms with Crippen LogP contribution in [-0.4, -0.2) is 27.2 Å². The Labute approximate surface area is 123 Å². The maximum Gasteiger partial charge on any atom is 0.184 e. The van der Waals surface area contributed by atoms with Crippen LogP contribution in [-0.2, 0) is 0 Å². The van der Waals surface area contributed by atoms with Crippen molar-refractivity contribution in [3.8, 4) is 5.69 Å². The molecule has 96 valence electrons. The number of hydrogen-bond acceptors (Lipinski definition) is 5. The molecule has 1 N–H and O–H groups in total. The second kappa shape index (κ2) is 6.68. The molecule has 0 bridgehead atoms. The molecular formula is C11H11ClN2OS3. The van der Waals surface area contributed by atoms with Crippen LogP contribution in [0.15, 0.2) is 28.6 Å². The summed E-state index contributed by atoms with van der Waals surface area (Å²) in [6.07, 6.45) is 0.762. The van der Waals surface area contributed by atoms with Gasteiger partial charge in [0.15, 0.2) is 8.29 Å². The zero-order valence-corrected chi connectivity index (χ0v) is 12.6. The highest BCUT2D eigenvalue weighted by molar-refractivity contribution is 8.01. The highest BCUT2D eigenvalue weighted by Crippen LogP contribution is 2.24. The van der Waals surface area contributed by atoms with Crippen molar-refractivity contribution in [3.05, 3.63) is 33.2 Å². The van der Waals surface area contributed by atoms with Gasteiger partial charge in [0.05, 0.1) is 5.69 Å². The summed E-state index contributed by atoms with van der Waals surface area (Å²) in [6.45, 7) is 0.205. The van der Waals surface area contributed by atoms with E-state index in [-0.39, 0.29) is 6.61 Å². The number of benzene rings is 1. The first-order valence-electron chi connectivity index (χ1n) is 5.30. The Balaban J connectivity index is 2.18. The van der Waals surface area contributed by atoms with Crippen molar-refractivity contribution in [1.82, 2.24) is 9.78 Å². The second-order valence-electron chi connectivity index (χ2n) is 3.45. The smallest absolute Gasteiger partial charge is 0.184 e. The van der Waals surface area contributed by atoms with Gasteiger partial charge in [-0.2, -0.15) is 0 Å². The molecule has 0 unspecified atom stereocenters. The summed E-state index contributed by atoms with van der Waals surface area (Å²) in [5.74, 6) is 0.847. The van der Waals surface area contributed by atoms with Gasteiger partial charge in [-0.25, -0.2) is 4.68 Å². The molecule has 0 atom stereocenters. The molecule has 0 saturated heterocycles. The van der Waals surface area contributed by atoms with Crippen LogP contribution < -0.4 is 0 Å². The minimum atomic E-state index is 0.205. The van der Waals surface area contributed by atoms with E-state index in [4.69, 9.17) is 28.9 Å². The molecule has 2 aromatic rings. The molecular weight excluding hydrogens is 308 g/mol. The maximum atomic E-state index is 8.74. The number of hydrogen-bond donors (Lipinski definition) is 1. The van der Waals surface area contributed by atoms with Gasteiger partial charge in [0.25, 0.3) is 0 Å². The number of aliphatic hydroxyl groups is 1. The van der Waals surface area contributed by atoms with Crippen LogP contribution in [0.5, 0.6) is 0 Å². The van der Waals surface area contributed by atoms with E-state index in [2.05, 4.69) is 5.10 Å². The number of nitrogens with zero attached hydrogens (tertiary/aromatic N) is 2. The molecule has 0 saturated carbocycles. The van der Waals surface area contributed by atoms with Gasteiger partial charge in [-0.15, -0.1) is 5.10 Å². The maximum absolute atomic E-state index is 8.74. The molecule has 0 aliphatic heterocycles. The van der Waals surface area contributed by atoms with Crippen molar-refractivity contribution in [1.29, 1.82) is 0 Å². The van der Waals surface area contributed by atoms with Gasteiger partial charge < -0.3 is 5.11 Å². The van der Waals surface area contributed by atoms with Crippen LogP contribution in [0.3, 0.4) is 0 Å². The minimum absolute atomic E-state index is 0.205. The van der Waals surface area contributed by atoms with E-state index < -0.39 is 0 Å². The quantitative estimate of drug-likeness (QED) is 0.517. The Hall–Kier alpha value is -0.400. The number of thioether (sulfide) groups is 1. The Bertz CT molecular complexity index is 564. The summed E-state index contributed by atoms with van der Waals surface area (Å²) in [6, 6.07) is 7.41. The van der Waals surface area contributed by atoms with Crippen LogP contribution in [0.1, 0.15) is 6.42 Å². The molecule has 7 heteroatoms. The SMILES string of the molecule is OCCCSc1nn(-c2ccc(Cl)cc2)c(=S)s1. The third-order valence-electron chi connectivity index (χ3n) is 2.13. The molecule has 2 rings (SSSR count). The lowest BCUT2D eigenvalue weighted by Gasteiger charge is -2.00. The first-order chi connectivity index (χ1) is 8.70. The molecule has 0 fully saturated rings. The van der Waals surface area contributed by atoms with Gasteiger partial charge in [-0.3, -0.25) is 0 Å². The lowest BCUT2D eigenvalue weighted by atomic mass is 10.3. The third kappa shape index (κ3) is 3.55. The largest absolute Gasteiger partial charge is 0.396 e. The fraction of sp³-hybridized carbons (Fsp3) is 0.273. The average Bonchev–Trinajstić information content (AvgIpc) is 2.72. The van der Waals surface area contributed by atoms with E-state index in [1.165, 1.54) is 11.3 Å². The van der Waals surface area contributed by atoms with Crippen molar-refractivity contribution in [2.45, 2.75) is 10.8 Å². The average molecular weight is 319 g/mol. The molecule has 3 nitrogen and oxygen atoms in total. The summed E-state index contributed by atoms with van der Waals surface area (Å²) in [4.78, 5) is 0. The second-order valence-corrected chi connectivity index (χ2v) is 6.85. The number of aliphatic hydroxyl groups excluding tert-OH is 1. The first kappa shape index (κ1) is 14.0. The van der Waals surface area contributed by atoms with Crippen LogP contribution in [0, 0.1) is 3.95 Å². The molecule has 1 heterocycles. The number of aromatic nitrogens is 2. The van der Waals surface area contributed by atoms with Gasteiger partial charge in [-0.1, -0.05) is 34.7 Å². The lowest BCUT2D eigenvalue weighted by molar-refractivity contribution is 0.296. The first-order valence-corrected chi connectivity index (χ1v) is 7.89. The van der Waals surface area contributed by atoms with Gasteiger partial charge in [0.1, 0.15) is 0 Å². The summed E-state index contributed by atoms with van der Waals surface area (Å²) in [5, 5.41) is 13.9. The molecule has 0 aliphatic carbocycles. The lowest BCUT2D eigenvalue weighted by Crippen LogP contribution is -1.96. The number of rotatable bonds is 5. The van der Waals surface area contributed by atoms with E-state index in [0.29, 0.717) is 8.98 Å².